The molecule has 0 bridgehead atoms. The molecule has 2 unspecified atom stereocenters. The Labute approximate surface area is 192 Å². The van der Waals surface area contributed by atoms with E-state index in [-0.39, 0.29) is 5.78 Å². The molecule has 2 N–H and O–H groups in total. The zero-order chi connectivity index (χ0) is 22.7. The van der Waals surface area contributed by atoms with Gasteiger partial charge in [-0.15, -0.1) is 0 Å². The molecule has 0 heterocycles. The third-order valence-corrected chi connectivity index (χ3v) is 7.70. The second-order valence-corrected chi connectivity index (χ2v) is 9.97. The molecule has 0 aromatic heterocycles. The van der Waals surface area contributed by atoms with Gasteiger partial charge < -0.3 is 10.2 Å². The summed E-state index contributed by atoms with van der Waals surface area (Å²) >= 11 is 0. The summed E-state index contributed by atoms with van der Waals surface area (Å²) in [5.41, 5.74) is 5.40. The van der Waals surface area contributed by atoms with Crippen LogP contribution < -0.4 is 0 Å². The minimum Gasteiger partial charge on any atom is -0.389 e. The van der Waals surface area contributed by atoms with Crippen LogP contribution in [0.1, 0.15) is 140 Å². The highest BCUT2D eigenvalue weighted by molar-refractivity contribution is 6.11. The second-order valence-electron chi connectivity index (χ2n) is 9.97. The van der Waals surface area contributed by atoms with Gasteiger partial charge >= 0.3 is 0 Å². The van der Waals surface area contributed by atoms with Crippen molar-refractivity contribution in [3.05, 3.63) is 69.8 Å². The zero-order valence-corrected chi connectivity index (χ0v) is 19.6. The number of carbonyl (C=O) groups is 1. The van der Waals surface area contributed by atoms with Crippen LogP contribution in [0.5, 0.6) is 0 Å². The Kier molecular flexibility index (Phi) is 7.48. The standard InChI is InChI=1S/C29H38O3/c1-19(30)23-15-9-17-25(27(23)21-11-5-3-6-12-21)29(32)26-18-10-16-24(20(2)31)28(26)22-13-7-4-8-14-22/h9-10,15-22,30-31H,3-8,11-14H2,1-2H3. The maximum Gasteiger partial charge on any atom is 0.193 e. The molecule has 2 aromatic rings. The van der Waals surface area contributed by atoms with Crippen molar-refractivity contribution >= 4 is 5.78 Å². The van der Waals surface area contributed by atoms with Gasteiger partial charge in [0.05, 0.1) is 12.2 Å². The van der Waals surface area contributed by atoms with Gasteiger partial charge in [0.2, 0.25) is 0 Å². The average Bonchev–Trinajstić information content (AvgIpc) is 2.83. The van der Waals surface area contributed by atoms with Gasteiger partial charge in [-0.05, 0) is 73.6 Å². The molecule has 0 amide bonds. The molecule has 0 saturated heterocycles. The number of ketones is 1. The lowest BCUT2D eigenvalue weighted by Crippen LogP contribution is -2.19. The Bertz CT molecular complexity index is 856. The minimum atomic E-state index is -0.596. The predicted octanol–water partition coefficient (Wildman–Crippen LogP) is 7.12. The van der Waals surface area contributed by atoms with E-state index >= 15 is 0 Å². The molecule has 2 saturated carbocycles. The van der Waals surface area contributed by atoms with Crippen LogP contribution in [0.15, 0.2) is 36.4 Å². The van der Waals surface area contributed by atoms with Crippen LogP contribution in [-0.4, -0.2) is 16.0 Å². The van der Waals surface area contributed by atoms with E-state index in [1.807, 2.05) is 36.4 Å². The lowest BCUT2D eigenvalue weighted by Gasteiger charge is -2.29. The predicted molar refractivity (Wildman–Crippen MR) is 129 cm³/mol. The Morgan fingerprint density at radius 2 is 1.06 bits per heavy atom. The van der Waals surface area contributed by atoms with Crippen molar-refractivity contribution in [2.75, 3.05) is 0 Å². The highest BCUT2D eigenvalue weighted by Gasteiger charge is 2.30. The first-order valence-corrected chi connectivity index (χ1v) is 12.7. The fourth-order valence-electron chi connectivity index (χ4n) is 6.13. The van der Waals surface area contributed by atoms with Gasteiger partial charge in [-0.25, -0.2) is 0 Å². The Morgan fingerprint density at radius 1 is 0.688 bits per heavy atom. The summed E-state index contributed by atoms with van der Waals surface area (Å²) in [6.07, 6.45) is 10.3. The number of hydrogen-bond acceptors (Lipinski definition) is 3. The molecule has 0 spiro atoms. The summed E-state index contributed by atoms with van der Waals surface area (Å²) in [6.45, 7) is 3.61. The van der Waals surface area contributed by atoms with Crippen LogP contribution in [0.3, 0.4) is 0 Å². The Morgan fingerprint density at radius 3 is 1.41 bits per heavy atom. The highest BCUT2D eigenvalue weighted by Crippen LogP contribution is 2.42. The molecule has 32 heavy (non-hydrogen) atoms. The minimum absolute atomic E-state index is 0.0520. The van der Waals surface area contributed by atoms with E-state index in [4.69, 9.17) is 0 Å². The van der Waals surface area contributed by atoms with Crippen molar-refractivity contribution in [3.8, 4) is 0 Å². The van der Waals surface area contributed by atoms with Crippen LogP contribution in [0.2, 0.25) is 0 Å². The van der Waals surface area contributed by atoms with E-state index in [2.05, 4.69) is 0 Å². The zero-order valence-electron chi connectivity index (χ0n) is 19.6. The number of aliphatic hydroxyl groups is 2. The van der Waals surface area contributed by atoms with Crippen LogP contribution in [-0.2, 0) is 0 Å². The highest BCUT2D eigenvalue weighted by atomic mass is 16.3. The number of rotatable bonds is 6. The first-order chi connectivity index (χ1) is 15.5. The van der Waals surface area contributed by atoms with Crippen molar-refractivity contribution in [3.63, 3.8) is 0 Å². The molecule has 4 rings (SSSR count). The fourth-order valence-corrected chi connectivity index (χ4v) is 6.13. The van der Waals surface area contributed by atoms with E-state index in [0.717, 1.165) is 59.1 Å². The molecule has 2 aliphatic rings. The van der Waals surface area contributed by atoms with Crippen LogP contribution >= 0.6 is 0 Å². The molecule has 0 aliphatic heterocycles. The van der Waals surface area contributed by atoms with Crippen LogP contribution in [0.4, 0.5) is 0 Å². The van der Waals surface area contributed by atoms with Crippen molar-refractivity contribution < 1.29 is 15.0 Å². The molecule has 2 fully saturated rings. The number of hydrogen-bond donors (Lipinski definition) is 2. The van der Waals surface area contributed by atoms with Gasteiger partial charge in [-0.2, -0.15) is 0 Å². The molecular formula is C29H38O3. The summed E-state index contributed by atoms with van der Waals surface area (Å²) in [5.74, 6) is 0.703. The lowest BCUT2D eigenvalue weighted by molar-refractivity contribution is 0.103. The van der Waals surface area contributed by atoms with Gasteiger partial charge in [0.1, 0.15) is 0 Å². The quantitative estimate of drug-likeness (QED) is 0.476. The molecule has 0 radical (unpaired) electrons. The van der Waals surface area contributed by atoms with Crippen molar-refractivity contribution in [1.82, 2.24) is 0 Å². The fraction of sp³-hybridized carbons (Fsp3) is 0.552. The smallest absolute Gasteiger partial charge is 0.193 e. The van der Waals surface area contributed by atoms with E-state index < -0.39 is 12.2 Å². The molecule has 2 aliphatic carbocycles. The van der Waals surface area contributed by atoms with Gasteiger partial charge in [0.15, 0.2) is 5.78 Å². The molecule has 2 atom stereocenters. The Balaban J connectivity index is 1.85. The summed E-state index contributed by atoms with van der Waals surface area (Å²) in [6, 6.07) is 11.7. The molecule has 2 aromatic carbocycles. The third kappa shape index (κ3) is 4.70. The maximum atomic E-state index is 14.2. The van der Waals surface area contributed by atoms with Crippen LogP contribution in [0.25, 0.3) is 0 Å². The molecule has 3 heteroatoms. The van der Waals surface area contributed by atoms with Crippen molar-refractivity contribution in [1.29, 1.82) is 0 Å². The molecular weight excluding hydrogens is 396 g/mol. The summed E-state index contributed by atoms with van der Waals surface area (Å²) in [5, 5.41) is 21.1. The van der Waals surface area contributed by atoms with Gasteiger partial charge in [0, 0.05) is 11.1 Å². The first-order valence-electron chi connectivity index (χ1n) is 12.7. The van der Waals surface area contributed by atoms with E-state index in [1.165, 1.54) is 38.5 Å². The summed E-state index contributed by atoms with van der Waals surface area (Å²) in [4.78, 5) is 14.2. The van der Waals surface area contributed by atoms with E-state index in [0.29, 0.717) is 11.8 Å². The third-order valence-electron chi connectivity index (χ3n) is 7.70. The lowest BCUT2D eigenvalue weighted by atomic mass is 9.75. The topological polar surface area (TPSA) is 57.5 Å². The van der Waals surface area contributed by atoms with Gasteiger partial charge in [-0.3, -0.25) is 4.79 Å². The van der Waals surface area contributed by atoms with Crippen LogP contribution in [0, 0.1) is 0 Å². The number of carbonyl (C=O) groups excluding carboxylic acids is 1. The van der Waals surface area contributed by atoms with Gasteiger partial charge in [0.25, 0.3) is 0 Å². The SMILES string of the molecule is CC(O)c1cccc(C(=O)c2cccc(C(C)O)c2C2CCCCC2)c1C1CCCCC1. The second kappa shape index (κ2) is 10.3. The van der Waals surface area contributed by atoms with Crippen molar-refractivity contribution in [2.24, 2.45) is 0 Å². The summed E-state index contributed by atoms with van der Waals surface area (Å²) in [7, 11) is 0. The molecule has 172 valence electrons. The number of aliphatic hydroxyl groups excluding tert-OH is 2. The average molecular weight is 435 g/mol. The normalized spacial score (nSPS) is 20.1. The first kappa shape index (κ1) is 23.2. The Hall–Kier alpha value is -1.97. The maximum absolute atomic E-state index is 14.2. The van der Waals surface area contributed by atoms with Crippen molar-refractivity contribution in [2.45, 2.75) is 102 Å². The largest absolute Gasteiger partial charge is 0.389 e. The monoisotopic (exact) mass is 434 g/mol. The van der Waals surface area contributed by atoms with E-state index in [9.17, 15) is 15.0 Å². The number of benzene rings is 2. The summed E-state index contributed by atoms with van der Waals surface area (Å²) < 4.78 is 0. The van der Waals surface area contributed by atoms with E-state index in [1.54, 1.807) is 13.8 Å². The van der Waals surface area contributed by atoms with Gasteiger partial charge in [-0.1, -0.05) is 74.9 Å². The molecule has 3 nitrogen and oxygen atoms in total.